The van der Waals surface area contributed by atoms with E-state index in [1.165, 1.54) is 0 Å². The first-order valence-electron chi connectivity index (χ1n) is 7.99. The Morgan fingerprint density at radius 2 is 2.21 bits per heavy atom. The molecule has 0 spiro atoms. The summed E-state index contributed by atoms with van der Waals surface area (Å²) in [6, 6.07) is 5.34. The van der Waals surface area contributed by atoms with E-state index in [0.29, 0.717) is 42.7 Å². The van der Waals surface area contributed by atoms with Gasteiger partial charge in [-0.1, -0.05) is 29.3 Å². The summed E-state index contributed by atoms with van der Waals surface area (Å²) in [5.41, 5.74) is 0.946. The number of halogens is 2. The van der Waals surface area contributed by atoms with Crippen molar-refractivity contribution in [1.82, 2.24) is 10.2 Å². The van der Waals surface area contributed by atoms with E-state index in [1.54, 1.807) is 24.1 Å². The molecule has 1 aromatic carbocycles. The van der Waals surface area contributed by atoms with Crippen LogP contribution in [0, 0.1) is 5.92 Å². The highest BCUT2D eigenvalue weighted by Gasteiger charge is 2.33. The molecule has 0 bridgehead atoms. The van der Waals surface area contributed by atoms with E-state index in [1.807, 2.05) is 6.07 Å². The molecular formula is C17H22Cl2N2O3. The van der Waals surface area contributed by atoms with Gasteiger partial charge in [0.05, 0.1) is 5.92 Å². The molecule has 1 atom stereocenters. The number of benzene rings is 1. The third-order valence-corrected chi connectivity index (χ3v) is 4.66. The van der Waals surface area contributed by atoms with Gasteiger partial charge in [0.15, 0.2) is 0 Å². The van der Waals surface area contributed by atoms with Crippen molar-refractivity contribution in [2.75, 3.05) is 33.4 Å². The zero-order valence-corrected chi connectivity index (χ0v) is 15.2. The Morgan fingerprint density at radius 1 is 1.42 bits per heavy atom. The third-order valence-electron chi connectivity index (χ3n) is 4.08. The maximum Gasteiger partial charge on any atom is 0.225 e. The molecule has 2 amide bonds. The predicted molar refractivity (Wildman–Crippen MR) is 94.4 cm³/mol. The summed E-state index contributed by atoms with van der Waals surface area (Å²) in [5.74, 6) is -0.329. The molecule has 24 heavy (non-hydrogen) atoms. The van der Waals surface area contributed by atoms with Crippen molar-refractivity contribution in [2.45, 2.75) is 19.3 Å². The Hall–Kier alpha value is -1.30. The minimum absolute atomic E-state index is 0.0112. The van der Waals surface area contributed by atoms with E-state index in [0.717, 1.165) is 12.0 Å². The number of rotatable bonds is 8. The quantitative estimate of drug-likeness (QED) is 0.713. The van der Waals surface area contributed by atoms with Crippen LogP contribution in [0.15, 0.2) is 18.2 Å². The molecule has 132 valence electrons. The van der Waals surface area contributed by atoms with Crippen LogP contribution in [0.2, 0.25) is 10.0 Å². The number of hydrogen-bond donors (Lipinski definition) is 1. The fraction of sp³-hybridized carbons (Fsp3) is 0.529. The topological polar surface area (TPSA) is 58.6 Å². The second kappa shape index (κ2) is 9.25. The minimum atomic E-state index is -0.277. The first-order valence-corrected chi connectivity index (χ1v) is 8.75. The van der Waals surface area contributed by atoms with Gasteiger partial charge in [-0.15, -0.1) is 0 Å². The number of nitrogens with one attached hydrogen (secondary N) is 1. The predicted octanol–water partition coefficient (Wildman–Crippen LogP) is 2.54. The highest BCUT2D eigenvalue weighted by molar-refractivity contribution is 6.35. The van der Waals surface area contributed by atoms with Crippen molar-refractivity contribution < 1.29 is 14.3 Å². The molecule has 1 aliphatic rings. The Balaban J connectivity index is 1.80. The maximum absolute atomic E-state index is 12.1. The second-order valence-electron chi connectivity index (χ2n) is 5.86. The molecular weight excluding hydrogens is 351 g/mol. The molecule has 5 nitrogen and oxygen atoms in total. The van der Waals surface area contributed by atoms with E-state index in [2.05, 4.69) is 5.32 Å². The number of amides is 2. The molecule has 0 radical (unpaired) electrons. The summed E-state index contributed by atoms with van der Waals surface area (Å²) in [6.45, 7) is 2.18. The van der Waals surface area contributed by atoms with Gasteiger partial charge in [-0.2, -0.15) is 0 Å². The number of ether oxygens (including phenoxy) is 1. The number of nitrogens with zero attached hydrogens (tertiary/aromatic N) is 1. The molecule has 1 aliphatic heterocycles. The van der Waals surface area contributed by atoms with Crippen LogP contribution in [0.1, 0.15) is 18.4 Å². The van der Waals surface area contributed by atoms with E-state index in [4.69, 9.17) is 27.9 Å². The van der Waals surface area contributed by atoms with Crippen molar-refractivity contribution in [1.29, 1.82) is 0 Å². The number of likely N-dealkylation sites (tertiary alicyclic amines) is 1. The average Bonchev–Trinajstić information content (AvgIpc) is 2.92. The van der Waals surface area contributed by atoms with Crippen LogP contribution >= 0.6 is 23.2 Å². The van der Waals surface area contributed by atoms with E-state index >= 15 is 0 Å². The zero-order valence-electron chi connectivity index (χ0n) is 13.7. The van der Waals surface area contributed by atoms with Crippen LogP contribution in [0.5, 0.6) is 0 Å². The molecule has 2 rings (SSSR count). The zero-order chi connectivity index (χ0) is 17.5. The largest absolute Gasteiger partial charge is 0.385 e. The van der Waals surface area contributed by atoms with Gasteiger partial charge in [-0.3, -0.25) is 9.59 Å². The SMILES string of the molecule is COCCCNC(=O)C1CC(=O)N(CCc2ccc(Cl)cc2Cl)C1. The Morgan fingerprint density at radius 3 is 2.92 bits per heavy atom. The molecule has 0 saturated carbocycles. The number of carbonyl (C=O) groups is 2. The monoisotopic (exact) mass is 372 g/mol. The molecule has 1 saturated heterocycles. The highest BCUT2D eigenvalue weighted by Crippen LogP contribution is 2.23. The van der Waals surface area contributed by atoms with Gasteiger partial charge in [0.2, 0.25) is 11.8 Å². The lowest BCUT2D eigenvalue weighted by atomic mass is 10.1. The van der Waals surface area contributed by atoms with Gasteiger partial charge in [0.1, 0.15) is 0 Å². The number of methoxy groups -OCH3 is 1. The van der Waals surface area contributed by atoms with Crippen LogP contribution < -0.4 is 5.32 Å². The number of hydrogen-bond acceptors (Lipinski definition) is 3. The average molecular weight is 373 g/mol. The van der Waals surface area contributed by atoms with Gasteiger partial charge in [-0.05, 0) is 30.5 Å². The summed E-state index contributed by atoms with van der Waals surface area (Å²) in [6.07, 6.45) is 1.68. The van der Waals surface area contributed by atoms with Gasteiger partial charge in [-0.25, -0.2) is 0 Å². The Kier molecular flexibility index (Phi) is 7.34. The highest BCUT2D eigenvalue weighted by atomic mass is 35.5. The standard InChI is InChI=1S/C17H22Cl2N2O3/c1-24-8-2-6-20-17(23)13-9-16(22)21(11-13)7-5-12-3-4-14(18)10-15(12)19/h3-4,10,13H,2,5-9,11H2,1H3,(H,20,23). The Labute approximate surface area is 152 Å². The molecule has 1 aromatic rings. The fourth-order valence-electron chi connectivity index (χ4n) is 2.72. The van der Waals surface area contributed by atoms with Gasteiger partial charge < -0.3 is 15.0 Å². The fourth-order valence-corrected chi connectivity index (χ4v) is 3.22. The van der Waals surface area contributed by atoms with Crippen LogP contribution in [0.4, 0.5) is 0 Å². The summed E-state index contributed by atoms with van der Waals surface area (Å²) >= 11 is 12.0. The van der Waals surface area contributed by atoms with Crippen LogP contribution in [-0.4, -0.2) is 50.1 Å². The van der Waals surface area contributed by atoms with Crippen LogP contribution in [0.3, 0.4) is 0 Å². The smallest absolute Gasteiger partial charge is 0.225 e. The van der Waals surface area contributed by atoms with Crippen LogP contribution in [-0.2, 0) is 20.7 Å². The molecule has 1 N–H and O–H groups in total. The molecule has 1 unspecified atom stereocenters. The summed E-state index contributed by atoms with van der Waals surface area (Å²) < 4.78 is 4.94. The van der Waals surface area contributed by atoms with Crippen molar-refractivity contribution in [2.24, 2.45) is 5.92 Å². The molecule has 1 heterocycles. The molecule has 0 aliphatic carbocycles. The molecule has 7 heteroatoms. The van der Waals surface area contributed by atoms with Crippen molar-refractivity contribution >= 4 is 35.0 Å². The lowest BCUT2D eigenvalue weighted by molar-refractivity contribution is -0.129. The van der Waals surface area contributed by atoms with Gasteiger partial charge >= 0.3 is 0 Å². The summed E-state index contributed by atoms with van der Waals surface area (Å²) in [7, 11) is 1.63. The normalized spacial score (nSPS) is 17.4. The van der Waals surface area contributed by atoms with Gasteiger partial charge in [0, 0.05) is 49.8 Å². The minimum Gasteiger partial charge on any atom is -0.385 e. The van der Waals surface area contributed by atoms with E-state index in [-0.39, 0.29) is 24.2 Å². The molecule has 0 aromatic heterocycles. The lowest BCUT2D eigenvalue weighted by Gasteiger charge is -2.17. The Bertz CT molecular complexity index is 595. The first kappa shape index (κ1) is 19.0. The lowest BCUT2D eigenvalue weighted by Crippen LogP contribution is -2.34. The van der Waals surface area contributed by atoms with E-state index < -0.39 is 0 Å². The van der Waals surface area contributed by atoms with Crippen molar-refractivity contribution in [3.63, 3.8) is 0 Å². The third kappa shape index (κ3) is 5.36. The van der Waals surface area contributed by atoms with Crippen LogP contribution in [0.25, 0.3) is 0 Å². The van der Waals surface area contributed by atoms with Gasteiger partial charge in [0.25, 0.3) is 0 Å². The van der Waals surface area contributed by atoms with Crippen molar-refractivity contribution in [3.05, 3.63) is 33.8 Å². The maximum atomic E-state index is 12.1. The van der Waals surface area contributed by atoms with Crippen molar-refractivity contribution in [3.8, 4) is 0 Å². The first-order chi connectivity index (χ1) is 11.5. The molecule has 1 fully saturated rings. The van der Waals surface area contributed by atoms with E-state index in [9.17, 15) is 9.59 Å². The second-order valence-corrected chi connectivity index (χ2v) is 6.71. The summed E-state index contributed by atoms with van der Waals surface area (Å²) in [5, 5.41) is 4.04. The number of carbonyl (C=O) groups excluding carboxylic acids is 2. The summed E-state index contributed by atoms with van der Waals surface area (Å²) in [4.78, 5) is 25.9.